The topological polar surface area (TPSA) is 39.7 Å². The molecule has 0 amide bonds. The van der Waals surface area contributed by atoms with Crippen LogP contribution in [0.4, 0.5) is 34.1 Å². The number of benzene rings is 11. The quantitative estimate of drug-likeness (QED) is 0.162. The number of rotatable bonds is 2. The van der Waals surface area contributed by atoms with Gasteiger partial charge in [-0.05, 0) is 124 Å². The molecular weight excluding hydrogens is 916 g/mol. The smallest absolute Gasteiger partial charge is 0.252 e. The second kappa shape index (κ2) is 12.8. The molecule has 9 heterocycles. The molecule has 6 aliphatic rings. The van der Waals surface area contributed by atoms with Gasteiger partial charge in [-0.25, -0.2) is 0 Å². The fraction of sp³-hybridized carbons (Fsp3) is 0. The third kappa shape index (κ3) is 4.30. The summed E-state index contributed by atoms with van der Waals surface area (Å²) in [7, 11) is 0. The lowest BCUT2D eigenvalue weighted by Gasteiger charge is -2.41. The molecule has 7 nitrogen and oxygen atoms in total. The van der Waals surface area contributed by atoms with E-state index in [0.29, 0.717) is 0 Å². The van der Waals surface area contributed by atoms with E-state index in [-0.39, 0.29) is 13.4 Å². The Morgan fingerprint density at radius 3 is 1.29 bits per heavy atom. The monoisotopic (exact) mass is 951 g/mol. The number of hydrogen-bond acceptors (Lipinski definition) is 4. The van der Waals surface area contributed by atoms with Crippen molar-refractivity contribution >= 4 is 146 Å². The van der Waals surface area contributed by atoms with E-state index in [4.69, 9.17) is 9.47 Å². The second-order valence-electron chi connectivity index (χ2n) is 21.1. The zero-order chi connectivity index (χ0) is 48.1. The molecular formula is C66H35B2N5O2. The third-order valence-electron chi connectivity index (χ3n) is 17.7. The molecule has 14 aromatic rings. The molecule has 0 saturated carbocycles. The molecule has 0 bridgehead atoms. The van der Waals surface area contributed by atoms with Crippen LogP contribution in [0.15, 0.2) is 212 Å². The van der Waals surface area contributed by atoms with Crippen molar-refractivity contribution in [3.05, 3.63) is 212 Å². The van der Waals surface area contributed by atoms with E-state index in [1.165, 1.54) is 115 Å². The van der Waals surface area contributed by atoms with E-state index in [1.807, 2.05) is 0 Å². The maximum Gasteiger partial charge on any atom is 0.252 e. The molecule has 0 fully saturated rings. The van der Waals surface area contributed by atoms with Crippen LogP contribution >= 0.6 is 0 Å². The van der Waals surface area contributed by atoms with Crippen molar-refractivity contribution in [1.82, 2.24) is 13.7 Å². The number of para-hydroxylation sites is 12. The highest BCUT2D eigenvalue weighted by Gasteiger charge is 2.49. The van der Waals surface area contributed by atoms with E-state index >= 15 is 0 Å². The first-order valence-corrected chi connectivity index (χ1v) is 26.0. The molecule has 11 aromatic carbocycles. The lowest BCUT2D eigenvalue weighted by atomic mass is 9.30. The molecule has 0 unspecified atom stereocenters. The summed E-state index contributed by atoms with van der Waals surface area (Å²) in [5, 5.41) is 7.59. The molecule has 20 rings (SSSR count). The van der Waals surface area contributed by atoms with Gasteiger partial charge in [0.15, 0.2) is 23.0 Å². The Morgan fingerprint density at radius 2 is 0.707 bits per heavy atom. The lowest BCUT2D eigenvalue weighted by Crippen LogP contribution is -2.66. The molecule has 9 heteroatoms. The highest BCUT2D eigenvalue weighted by atomic mass is 16.5. The third-order valence-corrected chi connectivity index (χ3v) is 17.7. The van der Waals surface area contributed by atoms with E-state index < -0.39 is 0 Å². The van der Waals surface area contributed by atoms with Crippen LogP contribution in [0.5, 0.6) is 23.0 Å². The predicted octanol–water partition coefficient (Wildman–Crippen LogP) is 12.4. The van der Waals surface area contributed by atoms with Gasteiger partial charge in [0.05, 0.1) is 33.8 Å². The van der Waals surface area contributed by atoms with Crippen LogP contribution in [0.25, 0.3) is 82.5 Å². The number of anilines is 6. The number of nitrogens with zero attached hydrogens (tertiary/aromatic N) is 5. The summed E-state index contributed by atoms with van der Waals surface area (Å²) in [6, 6.07) is 78.7. The van der Waals surface area contributed by atoms with Gasteiger partial charge in [0, 0.05) is 82.8 Å². The van der Waals surface area contributed by atoms with Crippen molar-refractivity contribution in [2.24, 2.45) is 0 Å². The van der Waals surface area contributed by atoms with Crippen LogP contribution in [0.2, 0.25) is 0 Å². The Hall–Kier alpha value is -9.85. The molecule has 0 saturated heterocycles. The number of fused-ring (bicyclic) bond motifs is 17. The van der Waals surface area contributed by atoms with E-state index in [9.17, 15) is 0 Å². The van der Waals surface area contributed by atoms with E-state index in [1.54, 1.807) is 0 Å². The molecule has 6 aliphatic heterocycles. The first-order chi connectivity index (χ1) is 37.2. The summed E-state index contributed by atoms with van der Waals surface area (Å²) in [4.78, 5) is 4.80. The molecule has 75 heavy (non-hydrogen) atoms. The van der Waals surface area contributed by atoms with Gasteiger partial charge in [-0.3, -0.25) is 0 Å². The molecule has 342 valence electrons. The number of aromatic nitrogens is 3. The van der Waals surface area contributed by atoms with Gasteiger partial charge < -0.3 is 33.0 Å². The Bertz CT molecular complexity index is 4990. The fourth-order valence-electron chi connectivity index (χ4n) is 15.1. The van der Waals surface area contributed by atoms with Crippen LogP contribution in [-0.2, 0) is 0 Å². The van der Waals surface area contributed by atoms with Gasteiger partial charge in [0.1, 0.15) is 0 Å². The Labute approximate surface area is 429 Å². The van der Waals surface area contributed by atoms with Crippen molar-refractivity contribution in [3.8, 4) is 40.1 Å². The van der Waals surface area contributed by atoms with Gasteiger partial charge in [0.25, 0.3) is 13.4 Å². The van der Waals surface area contributed by atoms with Crippen molar-refractivity contribution in [2.75, 3.05) is 9.80 Å². The fourth-order valence-corrected chi connectivity index (χ4v) is 15.1. The maximum atomic E-state index is 6.64. The highest BCUT2D eigenvalue weighted by Crippen LogP contribution is 2.54. The summed E-state index contributed by atoms with van der Waals surface area (Å²) in [5.41, 5.74) is 25.8. The molecule has 3 aromatic heterocycles. The largest absolute Gasteiger partial charge is 0.453 e. The lowest BCUT2D eigenvalue weighted by molar-refractivity contribution is 0.477. The summed E-state index contributed by atoms with van der Waals surface area (Å²) in [6.07, 6.45) is 0. The Kier molecular flexibility index (Phi) is 6.48. The van der Waals surface area contributed by atoms with Crippen molar-refractivity contribution in [1.29, 1.82) is 0 Å². The van der Waals surface area contributed by atoms with Gasteiger partial charge in [-0.2, -0.15) is 0 Å². The van der Waals surface area contributed by atoms with Crippen molar-refractivity contribution < 1.29 is 9.47 Å². The number of hydrogen-bond donors (Lipinski definition) is 0. The summed E-state index contributed by atoms with van der Waals surface area (Å²) < 4.78 is 21.1. The first-order valence-electron chi connectivity index (χ1n) is 26.0. The maximum absolute atomic E-state index is 6.64. The molecule has 0 radical (unpaired) electrons. The zero-order valence-corrected chi connectivity index (χ0v) is 39.9. The van der Waals surface area contributed by atoms with E-state index in [0.717, 1.165) is 57.1 Å². The second-order valence-corrected chi connectivity index (χ2v) is 21.1. The first kappa shape index (κ1) is 37.9. The minimum absolute atomic E-state index is 0.0291. The molecule has 0 atom stereocenters. The van der Waals surface area contributed by atoms with Crippen molar-refractivity contribution in [3.63, 3.8) is 0 Å². The molecule has 0 aliphatic carbocycles. The Balaban J connectivity index is 0.951. The van der Waals surface area contributed by atoms with Gasteiger partial charge in [-0.15, -0.1) is 0 Å². The van der Waals surface area contributed by atoms with Crippen LogP contribution in [0, 0.1) is 0 Å². The SMILES string of the molecule is c1ccc2c(c1)Oc1ccccc1N2c1ccc2c(c1)c1cccc3c1n2-c1cc2c4c5c1B3c1cc(N3c6ccccc6Oc6ccccc63)cc3c6cccc(c6n-5c13)B4c1cccc3c4ccccc4n-2c13. The summed E-state index contributed by atoms with van der Waals surface area (Å²) in [5.74, 6) is 3.38. The van der Waals surface area contributed by atoms with Crippen molar-refractivity contribution in [2.45, 2.75) is 0 Å². The minimum atomic E-state index is -0.0788. The van der Waals surface area contributed by atoms with Crippen LogP contribution < -0.4 is 52.1 Å². The van der Waals surface area contributed by atoms with Crippen LogP contribution in [0.3, 0.4) is 0 Å². The summed E-state index contributed by atoms with van der Waals surface area (Å²) in [6.45, 7) is -0.0497. The van der Waals surface area contributed by atoms with Crippen LogP contribution in [-0.4, -0.2) is 27.1 Å². The standard InChI is InChI=1S/C66H35B2N5O2/c1-2-21-48-38(14-1)39-15-11-18-44-62(39)71(48)54-35-55-61-66-60(54)67(44)46-20-13-17-41-43-33-37(70-52-24-5-9-28-58(52)75-59-29-10-6-25-53(59)70)34-47(65(43)73(66)64(41)46)68(61)45-19-12-16-40-42-32-36(30-31-49(42)72(55)63(40)45)69-50-22-3-7-26-56(50)74-57-27-8-4-23-51(57)69/h1-35H. The van der Waals surface area contributed by atoms with E-state index in [2.05, 4.69) is 236 Å². The highest BCUT2D eigenvalue weighted by molar-refractivity contribution is 7.04. The van der Waals surface area contributed by atoms with Gasteiger partial charge in [-0.1, -0.05) is 121 Å². The zero-order valence-electron chi connectivity index (χ0n) is 39.9. The van der Waals surface area contributed by atoms with Gasteiger partial charge in [0.2, 0.25) is 0 Å². The average Bonchev–Trinajstić information content (AvgIpc) is 4.16. The minimum Gasteiger partial charge on any atom is -0.453 e. The Morgan fingerprint density at radius 1 is 0.280 bits per heavy atom. The average molecular weight is 952 g/mol. The van der Waals surface area contributed by atoms with Crippen LogP contribution in [0.1, 0.15) is 0 Å². The summed E-state index contributed by atoms with van der Waals surface area (Å²) >= 11 is 0. The molecule has 0 N–H and O–H groups in total. The predicted molar refractivity (Wildman–Crippen MR) is 308 cm³/mol. The number of ether oxygens (including phenoxy) is 2. The van der Waals surface area contributed by atoms with Gasteiger partial charge >= 0.3 is 0 Å². The normalized spacial score (nSPS) is 14.2. The molecule has 0 spiro atoms.